The van der Waals surface area contributed by atoms with E-state index in [1.165, 1.54) is 0 Å². The van der Waals surface area contributed by atoms with E-state index in [1.807, 2.05) is 45.1 Å². The Bertz CT molecular complexity index is 521. The van der Waals surface area contributed by atoms with Crippen LogP contribution in [0.15, 0.2) is 12.4 Å². The van der Waals surface area contributed by atoms with E-state index in [4.69, 9.17) is 4.74 Å². The third-order valence-electron chi connectivity index (χ3n) is 4.14. The molecule has 6 nitrogen and oxygen atoms in total. The summed E-state index contributed by atoms with van der Waals surface area (Å²) in [5.41, 5.74) is 0.710. The largest absolute Gasteiger partial charge is 0.444 e. The second kappa shape index (κ2) is 7.34. The number of nitrogens with zero attached hydrogens (tertiary/aromatic N) is 3. The molecule has 1 aromatic rings. The Hall–Kier alpha value is -1.56. The molecule has 2 heterocycles. The molecule has 2 atom stereocenters. The van der Waals surface area contributed by atoms with E-state index in [0.29, 0.717) is 0 Å². The number of carbonyl (C=O) groups is 1. The van der Waals surface area contributed by atoms with Gasteiger partial charge in [0.15, 0.2) is 0 Å². The van der Waals surface area contributed by atoms with Crippen LogP contribution in [0.3, 0.4) is 0 Å². The molecule has 1 aromatic heterocycles. The molecule has 130 valence electrons. The molecule has 1 fully saturated rings. The number of piperidine rings is 1. The fourth-order valence-electron chi connectivity index (χ4n) is 2.87. The SMILES string of the molecule is C[C@H](NC[C@H]1CCCCN1C(=O)OC(C)(C)C)c1cnn(C)c1. The summed E-state index contributed by atoms with van der Waals surface area (Å²) in [6.45, 7) is 9.40. The molecule has 0 unspecified atom stereocenters. The fourth-order valence-corrected chi connectivity index (χ4v) is 2.87. The zero-order chi connectivity index (χ0) is 17.0. The maximum absolute atomic E-state index is 12.4. The van der Waals surface area contributed by atoms with Crippen LogP contribution in [0.4, 0.5) is 4.79 Å². The molecule has 6 heteroatoms. The van der Waals surface area contributed by atoms with E-state index < -0.39 is 5.60 Å². The summed E-state index contributed by atoms with van der Waals surface area (Å²) in [4.78, 5) is 14.3. The summed E-state index contributed by atoms with van der Waals surface area (Å²) in [6, 6.07) is 0.406. The Kier molecular flexibility index (Phi) is 5.68. The minimum absolute atomic E-state index is 0.192. The van der Waals surface area contributed by atoms with Crippen LogP contribution in [0.5, 0.6) is 0 Å². The highest BCUT2D eigenvalue weighted by atomic mass is 16.6. The van der Waals surface area contributed by atoms with Crippen LogP contribution in [0.2, 0.25) is 0 Å². The predicted octanol–water partition coefficient (Wildman–Crippen LogP) is 2.86. The van der Waals surface area contributed by atoms with Crippen molar-refractivity contribution in [1.82, 2.24) is 20.0 Å². The smallest absolute Gasteiger partial charge is 0.410 e. The summed E-state index contributed by atoms with van der Waals surface area (Å²) in [6.07, 6.45) is 6.93. The summed E-state index contributed by atoms with van der Waals surface area (Å²) in [5.74, 6) is 0. The van der Waals surface area contributed by atoms with Crippen LogP contribution in [0.1, 0.15) is 58.6 Å². The van der Waals surface area contributed by atoms with E-state index in [9.17, 15) is 4.79 Å². The molecule has 2 rings (SSSR count). The van der Waals surface area contributed by atoms with Crippen molar-refractivity contribution in [3.05, 3.63) is 18.0 Å². The number of hydrogen-bond acceptors (Lipinski definition) is 4. The van der Waals surface area contributed by atoms with Crippen LogP contribution < -0.4 is 5.32 Å². The Labute approximate surface area is 139 Å². The number of ether oxygens (including phenoxy) is 1. The van der Waals surface area contributed by atoms with E-state index in [2.05, 4.69) is 17.3 Å². The van der Waals surface area contributed by atoms with E-state index >= 15 is 0 Å². The van der Waals surface area contributed by atoms with Crippen LogP contribution in [-0.4, -0.2) is 45.5 Å². The third-order valence-corrected chi connectivity index (χ3v) is 4.14. The topological polar surface area (TPSA) is 59.4 Å². The summed E-state index contributed by atoms with van der Waals surface area (Å²) in [7, 11) is 1.92. The molecular weight excluding hydrogens is 292 g/mol. The van der Waals surface area contributed by atoms with Crippen LogP contribution in [-0.2, 0) is 11.8 Å². The predicted molar refractivity (Wildman–Crippen MR) is 90.2 cm³/mol. The number of hydrogen-bond donors (Lipinski definition) is 1. The van der Waals surface area contributed by atoms with Gasteiger partial charge in [0.2, 0.25) is 0 Å². The van der Waals surface area contributed by atoms with Gasteiger partial charge in [-0.3, -0.25) is 4.68 Å². The molecule has 0 aromatic carbocycles. The molecule has 1 N–H and O–H groups in total. The van der Waals surface area contributed by atoms with Crippen molar-refractivity contribution in [2.45, 2.75) is 64.6 Å². The first-order chi connectivity index (χ1) is 10.8. The molecule has 23 heavy (non-hydrogen) atoms. The summed E-state index contributed by atoms with van der Waals surface area (Å²) >= 11 is 0. The zero-order valence-corrected chi connectivity index (χ0v) is 15.0. The van der Waals surface area contributed by atoms with E-state index in [0.717, 1.165) is 37.9 Å². The minimum Gasteiger partial charge on any atom is -0.444 e. The van der Waals surface area contributed by atoms with Gasteiger partial charge < -0.3 is 15.0 Å². The summed E-state index contributed by atoms with van der Waals surface area (Å²) < 4.78 is 7.35. The lowest BCUT2D eigenvalue weighted by atomic mass is 10.0. The Morgan fingerprint density at radius 3 is 2.83 bits per heavy atom. The molecule has 1 amide bonds. The summed E-state index contributed by atoms with van der Waals surface area (Å²) in [5, 5.41) is 7.73. The highest BCUT2D eigenvalue weighted by Gasteiger charge is 2.30. The van der Waals surface area contributed by atoms with Crippen LogP contribution >= 0.6 is 0 Å². The maximum atomic E-state index is 12.4. The molecule has 0 radical (unpaired) electrons. The first-order valence-electron chi connectivity index (χ1n) is 8.48. The van der Waals surface area contributed by atoms with E-state index in [1.54, 1.807) is 4.68 Å². The number of aromatic nitrogens is 2. The Balaban J connectivity index is 1.92. The monoisotopic (exact) mass is 322 g/mol. The van der Waals surface area contributed by atoms with Gasteiger partial charge in [0.1, 0.15) is 5.60 Å². The van der Waals surface area contributed by atoms with Crippen molar-refractivity contribution in [3.8, 4) is 0 Å². The zero-order valence-electron chi connectivity index (χ0n) is 15.0. The molecule has 0 saturated carbocycles. The standard InChI is InChI=1S/C17H30N4O2/c1-13(14-10-19-20(5)12-14)18-11-15-8-6-7-9-21(15)16(22)23-17(2,3)4/h10,12-13,15,18H,6-9,11H2,1-5H3/t13-,15+/m0/s1. The number of amides is 1. The number of aryl methyl sites for hydroxylation is 1. The lowest BCUT2D eigenvalue weighted by Gasteiger charge is -2.37. The Morgan fingerprint density at radius 1 is 1.48 bits per heavy atom. The number of nitrogens with one attached hydrogen (secondary N) is 1. The maximum Gasteiger partial charge on any atom is 0.410 e. The highest BCUT2D eigenvalue weighted by Crippen LogP contribution is 2.21. The molecule has 1 aliphatic heterocycles. The van der Waals surface area contributed by atoms with Gasteiger partial charge >= 0.3 is 6.09 Å². The molecule has 1 saturated heterocycles. The van der Waals surface area contributed by atoms with Gasteiger partial charge in [-0.15, -0.1) is 0 Å². The molecule has 1 aliphatic rings. The lowest BCUT2D eigenvalue weighted by molar-refractivity contribution is 0.00970. The van der Waals surface area contributed by atoms with Gasteiger partial charge in [-0.05, 0) is 47.0 Å². The number of rotatable bonds is 4. The quantitative estimate of drug-likeness (QED) is 0.926. The van der Waals surface area contributed by atoms with Gasteiger partial charge in [-0.1, -0.05) is 0 Å². The van der Waals surface area contributed by atoms with Crippen molar-refractivity contribution >= 4 is 6.09 Å². The molecule has 0 aliphatic carbocycles. The van der Waals surface area contributed by atoms with Gasteiger partial charge in [0.05, 0.1) is 6.20 Å². The molecule has 0 spiro atoms. The first kappa shape index (κ1) is 17.8. The fraction of sp³-hybridized carbons (Fsp3) is 0.765. The van der Waals surface area contributed by atoms with Gasteiger partial charge in [-0.2, -0.15) is 5.10 Å². The highest BCUT2D eigenvalue weighted by molar-refractivity contribution is 5.68. The van der Waals surface area contributed by atoms with Gasteiger partial charge in [0, 0.05) is 44.0 Å². The Morgan fingerprint density at radius 2 is 2.22 bits per heavy atom. The van der Waals surface area contributed by atoms with Crippen molar-refractivity contribution in [1.29, 1.82) is 0 Å². The minimum atomic E-state index is -0.449. The molecular formula is C17H30N4O2. The van der Waals surface area contributed by atoms with Crippen LogP contribution in [0.25, 0.3) is 0 Å². The lowest BCUT2D eigenvalue weighted by Crippen LogP contribution is -2.50. The second-order valence-electron chi connectivity index (χ2n) is 7.40. The van der Waals surface area contributed by atoms with Gasteiger partial charge in [-0.25, -0.2) is 4.79 Å². The second-order valence-corrected chi connectivity index (χ2v) is 7.40. The average molecular weight is 322 g/mol. The van der Waals surface area contributed by atoms with Crippen LogP contribution in [0, 0.1) is 0 Å². The van der Waals surface area contributed by atoms with Crippen molar-refractivity contribution in [2.24, 2.45) is 7.05 Å². The third kappa shape index (κ3) is 5.23. The molecule has 0 bridgehead atoms. The first-order valence-corrected chi connectivity index (χ1v) is 8.48. The number of likely N-dealkylation sites (tertiary alicyclic amines) is 1. The van der Waals surface area contributed by atoms with E-state index in [-0.39, 0.29) is 18.2 Å². The number of carbonyl (C=O) groups excluding carboxylic acids is 1. The normalized spacial score (nSPS) is 20.4. The van der Waals surface area contributed by atoms with Gasteiger partial charge in [0.25, 0.3) is 0 Å². The van der Waals surface area contributed by atoms with Crippen molar-refractivity contribution in [3.63, 3.8) is 0 Å². The van der Waals surface area contributed by atoms with Crippen molar-refractivity contribution < 1.29 is 9.53 Å². The average Bonchev–Trinajstić information content (AvgIpc) is 2.90. The van der Waals surface area contributed by atoms with Crippen molar-refractivity contribution in [2.75, 3.05) is 13.1 Å².